The Morgan fingerprint density at radius 3 is 2.50 bits per heavy atom. The molecule has 0 radical (unpaired) electrons. The highest BCUT2D eigenvalue weighted by atomic mass is 79.9. The Labute approximate surface area is 104 Å². The van der Waals surface area contributed by atoms with Gasteiger partial charge in [-0.15, -0.1) is 0 Å². The highest BCUT2D eigenvalue weighted by Gasteiger charge is 2.33. The first-order valence-electron chi connectivity index (χ1n) is 6.02. The smallest absolute Gasteiger partial charge is 0.144 e. The molecule has 0 unspecified atom stereocenters. The normalized spacial score (nSPS) is 22.6. The number of halogens is 1. The van der Waals surface area contributed by atoms with E-state index in [0.717, 1.165) is 37.1 Å². The van der Waals surface area contributed by atoms with Gasteiger partial charge in [-0.25, -0.2) is 0 Å². The highest BCUT2D eigenvalue weighted by molar-refractivity contribution is 9.08. The van der Waals surface area contributed by atoms with Crippen LogP contribution in [0.15, 0.2) is 4.52 Å². The number of alkyl halides is 1. The average molecular weight is 286 g/mol. The Hall–Kier alpha value is -0.350. The molecule has 1 saturated carbocycles. The molecule has 0 atom stereocenters. The molecule has 1 aliphatic heterocycles. The van der Waals surface area contributed by atoms with Crippen LogP contribution in [-0.4, -0.2) is 18.4 Å². The summed E-state index contributed by atoms with van der Waals surface area (Å²) < 4.78 is 10.9. The Bertz CT molecular complexity index is 367. The lowest BCUT2D eigenvalue weighted by atomic mass is 9.93. The molecule has 2 fully saturated rings. The summed E-state index contributed by atoms with van der Waals surface area (Å²) in [7, 11) is 0. The van der Waals surface area contributed by atoms with Crippen molar-refractivity contribution >= 4 is 15.9 Å². The number of aromatic nitrogens is 1. The molecule has 0 bridgehead atoms. The Morgan fingerprint density at radius 1 is 1.12 bits per heavy atom. The van der Waals surface area contributed by atoms with E-state index in [1.54, 1.807) is 0 Å². The minimum atomic E-state index is 0.539. The monoisotopic (exact) mass is 285 g/mol. The molecule has 1 saturated heterocycles. The van der Waals surface area contributed by atoms with Crippen LogP contribution in [0.3, 0.4) is 0 Å². The van der Waals surface area contributed by atoms with Crippen molar-refractivity contribution in [3.63, 3.8) is 0 Å². The number of nitrogens with zero attached hydrogens (tertiary/aromatic N) is 1. The summed E-state index contributed by atoms with van der Waals surface area (Å²) in [5, 5.41) is 5.18. The quantitative estimate of drug-likeness (QED) is 0.799. The van der Waals surface area contributed by atoms with Crippen molar-refractivity contribution < 1.29 is 9.26 Å². The van der Waals surface area contributed by atoms with Crippen LogP contribution in [0.1, 0.15) is 54.5 Å². The second-order valence-corrected chi connectivity index (χ2v) is 5.27. The van der Waals surface area contributed by atoms with Gasteiger partial charge in [0.15, 0.2) is 0 Å². The van der Waals surface area contributed by atoms with Gasteiger partial charge in [-0.05, 0) is 25.7 Å². The Balaban J connectivity index is 1.87. The third kappa shape index (κ3) is 1.93. The lowest BCUT2D eigenvalue weighted by Gasteiger charge is -2.20. The van der Waals surface area contributed by atoms with Crippen LogP contribution in [0.4, 0.5) is 0 Å². The van der Waals surface area contributed by atoms with Crippen LogP contribution in [0.5, 0.6) is 0 Å². The van der Waals surface area contributed by atoms with Crippen LogP contribution in [0.25, 0.3) is 0 Å². The number of ether oxygens (including phenoxy) is 1. The maximum absolute atomic E-state index is 5.54. The Kier molecular flexibility index (Phi) is 3.03. The topological polar surface area (TPSA) is 35.3 Å². The van der Waals surface area contributed by atoms with Crippen molar-refractivity contribution in [2.75, 3.05) is 13.2 Å². The summed E-state index contributed by atoms with van der Waals surface area (Å²) >= 11 is 3.57. The minimum absolute atomic E-state index is 0.539. The molecule has 1 aromatic rings. The second kappa shape index (κ2) is 4.49. The van der Waals surface area contributed by atoms with Gasteiger partial charge < -0.3 is 9.26 Å². The van der Waals surface area contributed by atoms with Crippen LogP contribution < -0.4 is 0 Å². The van der Waals surface area contributed by atoms with Gasteiger partial charge in [-0.1, -0.05) is 21.1 Å². The van der Waals surface area contributed by atoms with Crippen molar-refractivity contribution in [1.82, 2.24) is 5.16 Å². The predicted octanol–water partition coefficient (Wildman–Crippen LogP) is 3.34. The average Bonchev–Trinajstić information content (AvgIpc) is 3.09. The van der Waals surface area contributed by atoms with E-state index < -0.39 is 0 Å². The van der Waals surface area contributed by atoms with Crippen LogP contribution in [0.2, 0.25) is 0 Å². The fourth-order valence-electron chi connectivity index (χ4n) is 2.43. The van der Waals surface area contributed by atoms with E-state index in [4.69, 9.17) is 9.26 Å². The van der Waals surface area contributed by atoms with Gasteiger partial charge in [0.1, 0.15) is 5.76 Å². The summed E-state index contributed by atoms with van der Waals surface area (Å²) in [4.78, 5) is 0. The van der Waals surface area contributed by atoms with Crippen LogP contribution >= 0.6 is 15.9 Å². The molecule has 2 heterocycles. The lowest BCUT2D eigenvalue weighted by molar-refractivity contribution is 0.0837. The molecule has 3 nitrogen and oxygen atoms in total. The van der Waals surface area contributed by atoms with E-state index in [1.165, 1.54) is 24.1 Å². The summed E-state index contributed by atoms with van der Waals surface area (Å²) in [6.45, 7) is 1.72. The van der Waals surface area contributed by atoms with E-state index in [0.29, 0.717) is 11.8 Å². The van der Waals surface area contributed by atoms with Gasteiger partial charge >= 0.3 is 0 Å². The van der Waals surface area contributed by atoms with Gasteiger partial charge in [0, 0.05) is 35.9 Å². The van der Waals surface area contributed by atoms with Crippen molar-refractivity contribution in [3.8, 4) is 0 Å². The van der Waals surface area contributed by atoms with Gasteiger partial charge in [0.25, 0.3) is 0 Å². The molecule has 88 valence electrons. The molecule has 0 N–H and O–H groups in total. The fraction of sp³-hybridized carbons (Fsp3) is 0.750. The molecule has 4 heteroatoms. The summed E-state index contributed by atoms with van der Waals surface area (Å²) in [6.07, 6.45) is 4.69. The van der Waals surface area contributed by atoms with Gasteiger partial charge in [-0.2, -0.15) is 0 Å². The van der Waals surface area contributed by atoms with E-state index >= 15 is 0 Å². The first kappa shape index (κ1) is 10.8. The standard InChI is InChI=1S/C12H16BrNO2/c13-7-10-11(8-3-5-15-6-4-8)14-16-12(10)9-1-2-9/h8-9H,1-7H2. The lowest BCUT2D eigenvalue weighted by Crippen LogP contribution is -2.15. The van der Waals surface area contributed by atoms with Crippen molar-refractivity contribution in [3.05, 3.63) is 17.0 Å². The zero-order valence-corrected chi connectivity index (χ0v) is 10.8. The SMILES string of the molecule is BrCc1c(C2CCOCC2)noc1C1CC1. The molecule has 0 spiro atoms. The predicted molar refractivity (Wildman–Crippen MR) is 63.9 cm³/mol. The molecule has 16 heavy (non-hydrogen) atoms. The molecule has 1 aliphatic carbocycles. The highest BCUT2D eigenvalue weighted by Crippen LogP contribution is 2.44. The van der Waals surface area contributed by atoms with Gasteiger partial charge in [-0.3, -0.25) is 0 Å². The van der Waals surface area contributed by atoms with Crippen molar-refractivity contribution in [1.29, 1.82) is 0 Å². The molecule has 2 aliphatic rings. The molecule has 0 aromatic carbocycles. The third-order valence-electron chi connectivity index (χ3n) is 3.54. The largest absolute Gasteiger partial charge is 0.381 e. The van der Waals surface area contributed by atoms with Gasteiger partial charge in [0.2, 0.25) is 0 Å². The summed E-state index contributed by atoms with van der Waals surface area (Å²) in [5.74, 6) is 2.32. The number of hydrogen-bond acceptors (Lipinski definition) is 3. The zero-order valence-electron chi connectivity index (χ0n) is 9.25. The number of hydrogen-bond donors (Lipinski definition) is 0. The first-order valence-corrected chi connectivity index (χ1v) is 7.14. The van der Waals surface area contributed by atoms with E-state index in [-0.39, 0.29) is 0 Å². The van der Waals surface area contributed by atoms with Gasteiger partial charge in [0.05, 0.1) is 5.69 Å². The maximum Gasteiger partial charge on any atom is 0.144 e. The molecular formula is C12H16BrNO2. The Morgan fingerprint density at radius 2 is 1.88 bits per heavy atom. The van der Waals surface area contributed by atoms with Crippen LogP contribution in [-0.2, 0) is 10.1 Å². The van der Waals surface area contributed by atoms with E-state index in [2.05, 4.69) is 21.1 Å². The maximum atomic E-state index is 5.54. The second-order valence-electron chi connectivity index (χ2n) is 4.71. The van der Waals surface area contributed by atoms with Crippen molar-refractivity contribution in [2.24, 2.45) is 0 Å². The fourth-order valence-corrected chi connectivity index (χ4v) is 2.99. The van der Waals surface area contributed by atoms with Crippen molar-refractivity contribution in [2.45, 2.75) is 42.8 Å². The first-order chi connectivity index (χ1) is 7.90. The van der Waals surface area contributed by atoms with E-state index in [9.17, 15) is 0 Å². The summed E-state index contributed by atoms with van der Waals surface area (Å²) in [6, 6.07) is 0. The van der Waals surface area contributed by atoms with Crippen LogP contribution in [0, 0.1) is 0 Å². The molecule has 3 rings (SSSR count). The zero-order chi connectivity index (χ0) is 11.0. The number of rotatable bonds is 3. The molecule has 0 amide bonds. The summed E-state index contributed by atoms with van der Waals surface area (Å²) in [5.41, 5.74) is 2.50. The molecular weight excluding hydrogens is 270 g/mol. The third-order valence-corrected chi connectivity index (χ3v) is 4.10. The minimum Gasteiger partial charge on any atom is -0.381 e. The molecule has 1 aromatic heterocycles. The van der Waals surface area contributed by atoms with E-state index in [1.807, 2.05) is 0 Å².